The Morgan fingerprint density at radius 2 is 2.15 bits per heavy atom. The average Bonchev–Trinajstić information content (AvgIpc) is 2.40. The predicted octanol–water partition coefficient (Wildman–Crippen LogP) is 1.53. The van der Waals surface area contributed by atoms with Gasteiger partial charge in [0.25, 0.3) is 5.91 Å². The summed E-state index contributed by atoms with van der Waals surface area (Å²) in [6.45, 7) is 3.42. The van der Waals surface area contributed by atoms with Gasteiger partial charge in [0, 0.05) is 10.6 Å². The van der Waals surface area contributed by atoms with Gasteiger partial charge in [0.15, 0.2) is 0 Å². The average molecular weight is 295 g/mol. The van der Waals surface area contributed by atoms with E-state index >= 15 is 0 Å². The Hall–Kier alpha value is -1.88. The molecule has 0 aromatic heterocycles. The quantitative estimate of drug-likeness (QED) is 0.841. The molecule has 1 aromatic carbocycles. The van der Waals surface area contributed by atoms with Gasteiger partial charge in [0.2, 0.25) is 11.8 Å². The van der Waals surface area contributed by atoms with Crippen molar-refractivity contribution in [2.45, 2.75) is 26.3 Å². The number of nitrogens with zero attached hydrogens (tertiary/aromatic N) is 1. The lowest BCUT2D eigenvalue weighted by Gasteiger charge is -2.33. The van der Waals surface area contributed by atoms with Crippen LogP contribution in [0.5, 0.6) is 0 Å². The van der Waals surface area contributed by atoms with Gasteiger partial charge in [-0.2, -0.15) is 0 Å². The van der Waals surface area contributed by atoms with Crippen molar-refractivity contribution in [2.24, 2.45) is 0 Å². The molecule has 0 bridgehead atoms. The fourth-order valence-electron chi connectivity index (χ4n) is 2.28. The number of amides is 3. The molecule has 5 nitrogen and oxygen atoms in total. The minimum absolute atomic E-state index is 0.116. The summed E-state index contributed by atoms with van der Waals surface area (Å²) >= 11 is 6.01. The molecule has 20 heavy (non-hydrogen) atoms. The Morgan fingerprint density at radius 1 is 1.45 bits per heavy atom. The molecule has 1 heterocycles. The van der Waals surface area contributed by atoms with Crippen molar-refractivity contribution in [3.05, 3.63) is 34.3 Å². The van der Waals surface area contributed by atoms with E-state index < -0.39 is 17.9 Å². The molecule has 6 heteroatoms. The van der Waals surface area contributed by atoms with Crippen molar-refractivity contribution >= 4 is 29.3 Å². The molecule has 1 atom stereocenters. The van der Waals surface area contributed by atoms with Crippen LogP contribution in [0.15, 0.2) is 18.2 Å². The Labute approximate surface area is 121 Å². The highest BCUT2D eigenvalue weighted by molar-refractivity contribution is 6.31. The molecule has 0 radical (unpaired) electrons. The van der Waals surface area contributed by atoms with Gasteiger partial charge in [-0.1, -0.05) is 24.6 Å². The molecule has 2 rings (SSSR count). The third-order valence-corrected chi connectivity index (χ3v) is 3.81. The molecule has 1 aliphatic rings. The number of benzene rings is 1. The van der Waals surface area contributed by atoms with Gasteiger partial charge in [0.1, 0.15) is 12.6 Å². The van der Waals surface area contributed by atoms with Crippen LogP contribution >= 0.6 is 11.6 Å². The molecular formula is C14H15ClN2O3. The highest BCUT2D eigenvalue weighted by Crippen LogP contribution is 2.22. The molecule has 1 aliphatic heterocycles. The van der Waals surface area contributed by atoms with E-state index in [1.165, 1.54) is 4.90 Å². The number of halogens is 1. The molecule has 0 aliphatic carbocycles. The van der Waals surface area contributed by atoms with Gasteiger partial charge in [-0.05, 0) is 31.0 Å². The van der Waals surface area contributed by atoms with Crippen LogP contribution in [0.3, 0.4) is 0 Å². The topological polar surface area (TPSA) is 66.5 Å². The highest BCUT2D eigenvalue weighted by Gasteiger charge is 2.36. The van der Waals surface area contributed by atoms with Crippen molar-refractivity contribution in [1.29, 1.82) is 0 Å². The van der Waals surface area contributed by atoms with Crippen LogP contribution in [-0.4, -0.2) is 35.2 Å². The summed E-state index contributed by atoms with van der Waals surface area (Å²) in [5, 5.41) is 2.73. The number of nitrogens with one attached hydrogen (secondary N) is 1. The highest BCUT2D eigenvalue weighted by atomic mass is 35.5. The normalized spacial score (nSPS) is 18.9. The van der Waals surface area contributed by atoms with Crippen molar-refractivity contribution in [3.8, 4) is 0 Å². The first-order chi connectivity index (χ1) is 9.45. The Bertz CT molecular complexity index is 586. The summed E-state index contributed by atoms with van der Waals surface area (Å²) < 4.78 is 0. The lowest BCUT2D eigenvalue weighted by molar-refractivity contribution is -0.138. The second-order valence-corrected chi connectivity index (χ2v) is 5.09. The number of hydrogen-bond acceptors (Lipinski definition) is 3. The van der Waals surface area contributed by atoms with Crippen LogP contribution < -0.4 is 5.32 Å². The summed E-state index contributed by atoms with van der Waals surface area (Å²) in [6, 6.07) is 4.39. The summed E-state index contributed by atoms with van der Waals surface area (Å²) in [6.07, 6.45) is 0.449. The molecule has 1 fully saturated rings. The summed E-state index contributed by atoms with van der Waals surface area (Å²) in [5.41, 5.74) is 1.06. The van der Waals surface area contributed by atoms with Crippen molar-refractivity contribution in [1.82, 2.24) is 10.2 Å². The fourth-order valence-corrected chi connectivity index (χ4v) is 2.45. The lowest BCUT2D eigenvalue weighted by Crippen LogP contribution is -2.59. The zero-order valence-electron chi connectivity index (χ0n) is 11.3. The van der Waals surface area contributed by atoms with E-state index in [9.17, 15) is 14.4 Å². The van der Waals surface area contributed by atoms with Gasteiger partial charge < -0.3 is 4.90 Å². The van der Waals surface area contributed by atoms with Gasteiger partial charge in [-0.25, -0.2) is 0 Å². The van der Waals surface area contributed by atoms with Crippen LogP contribution in [0.1, 0.15) is 29.3 Å². The summed E-state index contributed by atoms with van der Waals surface area (Å²) in [4.78, 5) is 37.1. The predicted molar refractivity (Wildman–Crippen MR) is 74.5 cm³/mol. The third kappa shape index (κ3) is 2.54. The molecular weight excluding hydrogens is 280 g/mol. The molecule has 1 aromatic rings. The Morgan fingerprint density at radius 3 is 2.80 bits per heavy atom. The second kappa shape index (κ2) is 5.63. The fraction of sp³-hybridized carbons (Fsp3) is 0.357. The minimum Gasteiger partial charge on any atom is -0.317 e. The lowest BCUT2D eigenvalue weighted by atomic mass is 10.0. The van der Waals surface area contributed by atoms with Gasteiger partial charge in [-0.15, -0.1) is 0 Å². The van der Waals surface area contributed by atoms with Crippen LogP contribution in [0.25, 0.3) is 0 Å². The number of piperazine rings is 1. The maximum atomic E-state index is 12.6. The van der Waals surface area contributed by atoms with Gasteiger partial charge in [-0.3, -0.25) is 19.7 Å². The van der Waals surface area contributed by atoms with Gasteiger partial charge in [0.05, 0.1) is 0 Å². The van der Waals surface area contributed by atoms with Crippen LogP contribution in [0.2, 0.25) is 5.02 Å². The molecule has 1 unspecified atom stereocenters. The molecule has 3 amide bonds. The molecule has 0 saturated carbocycles. The van der Waals surface area contributed by atoms with E-state index in [1.54, 1.807) is 32.0 Å². The van der Waals surface area contributed by atoms with Crippen LogP contribution in [-0.2, 0) is 9.59 Å². The van der Waals surface area contributed by atoms with E-state index in [0.29, 0.717) is 22.6 Å². The SMILES string of the molecule is CCC1C(=O)NC(=O)CN1C(=O)c1cccc(Cl)c1C. The maximum Gasteiger partial charge on any atom is 0.255 e. The van der Waals surface area contributed by atoms with Crippen LogP contribution in [0.4, 0.5) is 0 Å². The van der Waals surface area contributed by atoms with Gasteiger partial charge >= 0.3 is 0 Å². The summed E-state index contributed by atoms with van der Waals surface area (Å²) in [5.74, 6) is -1.25. The standard InChI is InChI=1S/C14H15ClN2O3/c1-3-11-13(19)16-12(18)7-17(11)14(20)9-5-4-6-10(15)8(9)2/h4-6,11H,3,7H2,1-2H3,(H,16,18,19). The number of carbonyl (C=O) groups is 3. The first-order valence-corrected chi connectivity index (χ1v) is 6.73. The van der Waals surface area contributed by atoms with E-state index in [-0.39, 0.29) is 12.5 Å². The van der Waals surface area contributed by atoms with E-state index in [1.807, 2.05) is 0 Å². The zero-order valence-corrected chi connectivity index (χ0v) is 12.0. The Balaban J connectivity index is 2.37. The van der Waals surface area contributed by atoms with E-state index in [4.69, 9.17) is 11.6 Å². The molecule has 106 valence electrons. The summed E-state index contributed by atoms with van der Waals surface area (Å²) in [7, 11) is 0. The molecule has 0 spiro atoms. The monoisotopic (exact) mass is 294 g/mol. The number of rotatable bonds is 2. The zero-order chi connectivity index (χ0) is 14.9. The first-order valence-electron chi connectivity index (χ1n) is 6.35. The van der Waals surface area contributed by atoms with E-state index in [0.717, 1.165) is 0 Å². The number of imide groups is 1. The number of carbonyl (C=O) groups excluding carboxylic acids is 3. The molecule has 1 saturated heterocycles. The largest absolute Gasteiger partial charge is 0.317 e. The van der Waals surface area contributed by atoms with Crippen molar-refractivity contribution in [2.75, 3.05) is 6.54 Å². The number of hydrogen-bond donors (Lipinski definition) is 1. The minimum atomic E-state index is -0.626. The smallest absolute Gasteiger partial charge is 0.255 e. The van der Waals surface area contributed by atoms with Crippen LogP contribution in [0, 0.1) is 6.92 Å². The van der Waals surface area contributed by atoms with Crippen molar-refractivity contribution in [3.63, 3.8) is 0 Å². The van der Waals surface area contributed by atoms with Crippen molar-refractivity contribution < 1.29 is 14.4 Å². The second-order valence-electron chi connectivity index (χ2n) is 4.68. The molecule has 1 N–H and O–H groups in total. The third-order valence-electron chi connectivity index (χ3n) is 3.40. The first kappa shape index (κ1) is 14.5. The maximum absolute atomic E-state index is 12.6. The van der Waals surface area contributed by atoms with E-state index in [2.05, 4.69) is 5.32 Å². The Kier molecular flexibility index (Phi) is 4.09.